The molecule has 0 saturated carbocycles. The molecule has 9 nitrogen and oxygen atoms in total. The van der Waals surface area contributed by atoms with Gasteiger partial charge in [-0.25, -0.2) is 4.79 Å². The zero-order chi connectivity index (χ0) is 20.8. The summed E-state index contributed by atoms with van der Waals surface area (Å²) in [5, 5.41) is 26.8. The van der Waals surface area contributed by atoms with E-state index in [1.165, 1.54) is 6.08 Å². The van der Waals surface area contributed by atoms with Crippen molar-refractivity contribution < 1.29 is 39.2 Å². The first-order valence-electron chi connectivity index (χ1n) is 7.85. The third-order valence-corrected chi connectivity index (χ3v) is 4.86. The van der Waals surface area contributed by atoms with Crippen LogP contribution in [0.4, 0.5) is 0 Å². The van der Waals surface area contributed by atoms with Gasteiger partial charge in [-0.3, -0.25) is 19.3 Å². The van der Waals surface area contributed by atoms with Crippen molar-refractivity contribution >= 4 is 58.2 Å². The number of carboxylic acids is 3. The summed E-state index contributed by atoms with van der Waals surface area (Å²) in [4.78, 5) is 46.3. The van der Waals surface area contributed by atoms with Crippen LogP contribution in [0, 0.1) is 0 Å². The van der Waals surface area contributed by atoms with Gasteiger partial charge >= 0.3 is 17.9 Å². The molecule has 1 aromatic carbocycles. The predicted molar refractivity (Wildman–Crippen MR) is 103 cm³/mol. The zero-order valence-corrected chi connectivity index (χ0v) is 15.9. The van der Waals surface area contributed by atoms with Gasteiger partial charge < -0.3 is 20.1 Å². The second-order valence-electron chi connectivity index (χ2n) is 5.57. The van der Waals surface area contributed by atoms with Gasteiger partial charge in [0.15, 0.2) is 0 Å². The fourth-order valence-electron chi connectivity index (χ4n) is 2.30. The third-order valence-electron chi connectivity index (χ3n) is 3.53. The quantitative estimate of drug-likeness (QED) is 0.395. The Balaban J connectivity index is 2.20. The second-order valence-corrected chi connectivity index (χ2v) is 7.24. The van der Waals surface area contributed by atoms with Gasteiger partial charge in [-0.2, -0.15) is 0 Å². The number of thioether (sulfide) groups is 1. The van der Waals surface area contributed by atoms with Gasteiger partial charge in [0.1, 0.15) is 16.1 Å². The summed E-state index contributed by atoms with van der Waals surface area (Å²) in [6.45, 7) is -0.0175. The lowest BCUT2D eigenvalue weighted by Gasteiger charge is -2.21. The molecule has 28 heavy (non-hydrogen) atoms. The summed E-state index contributed by atoms with van der Waals surface area (Å²) < 4.78 is 5.28. The molecule has 0 radical (unpaired) electrons. The number of benzene rings is 1. The molecule has 148 valence electrons. The van der Waals surface area contributed by atoms with Crippen molar-refractivity contribution in [2.45, 2.75) is 18.9 Å². The SMILES string of the molecule is O=C(O)CCOc1cccc(/C=C2\SC(=S)N(C(CC(=O)O)C(=O)O)C2=O)c1. The number of hydrogen-bond donors (Lipinski definition) is 3. The molecule has 1 unspecified atom stereocenters. The Bertz CT molecular complexity index is 866. The van der Waals surface area contributed by atoms with E-state index in [-0.39, 0.29) is 22.3 Å². The van der Waals surface area contributed by atoms with Crippen LogP contribution in [-0.4, -0.2) is 61.0 Å². The number of aliphatic carboxylic acids is 3. The van der Waals surface area contributed by atoms with Crippen LogP contribution < -0.4 is 4.74 Å². The van der Waals surface area contributed by atoms with Crippen LogP contribution in [0.1, 0.15) is 18.4 Å². The largest absolute Gasteiger partial charge is 0.493 e. The maximum atomic E-state index is 12.6. The lowest BCUT2D eigenvalue weighted by Crippen LogP contribution is -2.45. The van der Waals surface area contributed by atoms with E-state index in [1.54, 1.807) is 24.3 Å². The highest BCUT2D eigenvalue weighted by Gasteiger charge is 2.41. The molecular weight excluding hydrogens is 410 g/mol. The van der Waals surface area contributed by atoms with Gasteiger partial charge in [-0.1, -0.05) is 36.1 Å². The standard InChI is InChI=1S/C17H15NO8S2/c19-13(20)4-5-26-10-3-1-2-9(6-10)7-12-15(23)18(17(27)28-12)11(16(24)25)8-14(21)22/h1-3,6-7,11H,4-5,8H2,(H,19,20)(H,21,22)(H,24,25)/b12-7-. The van der Waals surface area contributed by atoms with Crippen LogP contribution in [0.25, 0.3) is 6.08 Å². The van der Waals surface area contributed by atoms with Gasteiger partial charge in [-0.05, 0) is 23.8 Å². The maximum absolute atomic E-state index is 12.6. The van der Waals surface area contributed by atoms with E-state index in [1.807, 2.05) is 0 Å². The van der Waals surface area contributed by atoms with E-state index in [0.717, 1.165) is 16.7 Å². The average molecular weight is 425 g/mol. The smallest absolute Gasteiger partial charge is 0.327 e. The number of amides is 1. The Kier molecular flexibility index (Phi) is 7.12. The van der Waals surface area contributed by atoms with Crippen LogP contribution in [-0.2, 0) is 19.2 Å². The average Bonchev–Trinajstić information content (AvgIpc) is 2.86. The molecule has 1 heterocycles. The Morgan fingerprint density at radius 3 is 2.54 bits per heavy atom. The van der Waals surface area contributed by atoms with Crippen LogP contribution in [0.15, 0.2) is 29.2 Å². The van der Waals surface area contributed by atoms with E-state index in [9.17, 15) is 24.3 Å². The number of carboxylic acid groups (broad SMARTS) is 3. The van der Waals surface area contributed by atoms with Gasteiger partial charge in [-0.15, -0.1) is 0 Å². The first-order chi connectivity index (χ1) is 13.2. The monoisotopic (exact) mass is 425 g/mol. The molecule has 2 rings (SSSR count). The minimum Gasteiger partial charge on any atom is -0.493 e. The molecule has 11 heteroatoms. The van der Waals surface area contributed by atoms with Crippen molar-refractivity contribution in [1.82, 2.24) is 4.90 Å². The van der Waals surface area contributed by atoms with Gasteiger partial charge in [0.25, 0.3) is 5.91 Å². The Hall–Kier alpha value is -2.92. The van der Waals surface area contributed by atoms with Crippen LogP contribution in [0.5, 0.6) is 5.75 Å². The fraction of sp³-hybridized carbons (Fsp3) is 0.235. The Labute approximate surface area is 168 Å². The zero-order valence-electron chi connectivity index (χ0n) is 14.2. The fourth-order valence-corrected chi connectivity index (χ4v) is 3.66. The summed E-state index contributed by atoms with van der Waals surface area (Å²) in [6, 6.07) is 4.93. The Morgan fingerprint density at radius 2 is 1.93 bits per heavy atom. The predicted octanol–water partition coefficient (Wildman–Crippen LogP) is 1.67. The summed E-state index contributed by atoms with van der Waals surface area (Å²) >= 11 is 5.93. The lowest BCUT2D eigenvalue weighted by atomic mass is 10.1. The molecule has 3 N–H and O–H groups in total. The van der Waals surface area contributed by atoms with Gasteiger partial charge in [0, 0.05) is 0 Å². The first-order valence-corrected chi connectivity index (χ1v) is 9.08. The molecule has 1 aliphatic rings. The van der Waals surface area contributed by atoms with Crippen LogP contribution in [0.2, 0.25) is 0 Å². The summed E-state index contributed by atoms with van der Waals surface area (Å²) in [5.74, 6) is -4.11. The van der Waals surface area contributed by atoms with Crippen molar-refractivity contribution in [1.29, 1.82) is 0 Å². The first kappa shape index (κ1) is 21.4. The van der Waals surface area contributed by atoms with Crippen LogP contribution >= 0.6 is 24.0 Å². The molecular formula is C17H15NO8S2. The molecule has 0 bridgehead atoms. The number of ether oxygens (including phenoxy) is 1. The van der Waals surface area contributed by atoms with Crippen molar-refractivity contribution in [3.05, 3.63) is 34.7 Å². The number of hydrogen-bond acceptors (Lipinski definition) is 7. The number of carbonyl (C=O) groups is 4. The van der Waals surface area contributed by atoms with Crippen molar-refractivity contribution in [2.75, 3.05) is 6.61 Å². The van der Waals surface area contributed by atoms with Crippen molar-refractivity contribution in [3.8, 4) is 5.75 Å². The topological polar surface area (TPSA) is 141 Å². The number of nitrogens with zero attached hydrogens (tertiary/aromatic N) is 1. The second kappa shape index (κ2) is 9.33. The van der Waals surface area contributed by atoms with Crippen molar-refractivity contribution in [3.63, 3.8) is 0 Å². The minimum atomic E-state index is -1.60. The molecule has 1 fully saturated rings. The van der Waals surface area contributed by atoms with E-state index in [0.29, 0.717) is 11.3 Å². The number of carbonyl (C=O) groups excluding carboxylic acids is 1. The van der Waals surface area contributed by atoms with E-state index >= 15 is 0 Å². The third kappa shape index (κ3) is 5.54. The summed E-state index contributed by atoms with van der Waals surface area (Å²) in [5.41, 5.74) is 0.554. The highest BCUT2D eigenvalue weighted by molar-refractivity contribution is 8.26. The summed E-state index contributed by atoms with van der Waals surface area (Å²) in [7, 11) is 0. The van der Waals surface area contributed by atoms with E-state index < -0.39 is 36.3 Å². The van der Waals surface area contributed by atoms with Gasteiger partial charge in [0.2, 0.25) is 0 Å². The highest BCUT2D eigenvalue weighted by Crippen LogP contribution is 2.35. The molecule has 1 aliphatic heterocycles. The highest BCUT2D eigenvalue weighted by atomic mass is 32.2. The van der Waals surface area contributed by atoms with Crippen molar-refractivity contribution in [2.24, 2.45) is 0 Å². The molecule has 1 amide bonds. The lowest BCUT2D eigenvalue weighted by molar-refractivity contribution is -0.150. The molecule has 0 aromatic heterocycles. The number of rotatable bonds is 9. The Morgan fingerprint density at radius 1 is 1.21 bits per heavy atom. The van der Waals surface area contributed by atoms with Gasteiger partial charge in [0.05, 0.1) is 24.4 Å². The molecule has 1 atom stereocenters. The normalized spacial score (nSPS) is 16.3. The molecule has 1 saturated heterocycles. The molecule has 0 aliphatic carbocycles. The summed E-state index contributed by atoms with van der Waals surface area (Å²) in [6.07, 6.45) is 0.536. The van der Waals surface area contributed by atoms with Crippen LogP contribution in [0.3, 0.4) is 0 Å². The van der Waals surface area contributed by atoms with E-state index in [2.05, 4.69) is 0 Å². The molecule has 0 spiro atoms. The van der Waals surface area contributed by atoms with E-state index in [4.69, 9.17) is 27.2 Å². The minimum absolute atomic E-state index is 0.0175. The number of thiocarbonyl (C=S) groups is 1. The molecule has 1 aromatic rings. The maximum Gasteiger partial charge on any atom is 0.327 e.